The average Bonchev–Trinajstić information content (AvgIpc) is 2.75. The van der Waals surface area contributed by atoms with Gasteiger partial charge >= 0.3 is 0 Å². The van der Waals surface area contributed by atoms with E-state index >= 15 is 0 Å². The van der Waals surface area contributed by atoms with Crippen molar-refractivity contribution in [3.8, 4) is 0 Å². The molecule has 0 bridgehead atoms. The standard InChI is InChI=1S/C14H23ClN4/c1-9(15)12-16-11-10(2)17-18(6)13(11)19(12)8-7-14(3,4)5/h9H,7-8H2,1-6H3. The van der Waals surface area contributed by atoms with Crippen molar-refractivity contribution in [1.82, 2.24) is 19.3 Å². The minimum absolute atomic E-state index is 0.0910. The first-order chi connectivity index (χ1) is 8.70. The smallest absolute Gasteiger partial charge is 0.158 e. The SMILES string of the molecule is Cc1nn(C)c2c1nc(C(C)Cl)n2CCC(C)(C)C. The summed E-state index contributed by atoms with van der Waals surface area (Å²) in [4.78, 5) is 4.68. The van der Waals surface area contributed by atoms with Gasteiger partial charge in [0.15, 0.2) is 5.65 Å². The van der Waals surface area contributed by atoms with E-state index in [0.717, 1.165) is 35.6 Å². The van der Waals surface area contributed by atoms with Gasteiger partial charge in [-0.3, -0.25) is 4.68 Å². The molecular formula is C14H23ClN4. The molecule has 2 rings (SSSR count). The van der Waals surface area contributed by atoms with Gasteiger partial charge < -0.3 is 4.57 Å². The first-order valence-electron chi connectivity index (χ1n) is 6.74. The first kappa shape index (κ1) is 14.4. The number of aryl methyl sites for hydroxylation is 3. The van der Waals surface area contributed by atoms with E-state index in [-0.39, 0.29) is 10.8 Å². The van der Waals surface area contributed by atoms with Crippen LogP contribution in [0.15, 0.2) is 0 Å². The summed E-state index contributed by atoms with van der Waals surface area (Å²) in [5, 5.41) is 4.36. The molecule has 5 heteroatoms. The minimum atomic E-state index is -0.0910. The van der Waals surface area contributed by atoms with E-state index in [4.69, 9.17) is 11.6 Å². The molecule has 19 heavy (non-hydrogen) atoms. The second-order valence-electron chi connectivity index (χ2n) is 6.43. The van der Waals surface area contributed by atoms with Crippen molar-refractivity contribution in [3.05, 3.63) is 11.5 Å². The van der Waals surface area contributed by atoms with Crippen LogP contribution in [0.1, 0.15) is 51.0 Å². The van der Waals surface area contributed by atoms with Gasteiger partial charge in [0.05, 0.1) is 11.1 Å². The molecule has 0 amide bonds. The zero-order valence-electron chi connectivity index (χ0n) is 12.7. The van der Waals surface area contributed by atoms with Crippen LogP contribution < -0.4 is 0 Å². The highest BCUT2D eigenvalue weighted by molar-refractivity contribution is 6.20. The molecule has 0 aliphatic rings. The molecular weight excluding hydrogens is 260 g/mol. The van der Waals surface area contributed by atoms with E-state index in [1.165, 1.54) is 0 Å². The Balaban J connectivity index is 2.51. The average molecular weight is 283 g/mol. The van der Waals surface area contributed by atoms with Crippen molar-refractivity contribution >= 4 is 22.8 Å². The van der Waals surface area contributed by atoms with Gasteiger partial charge in [-0.05, 0) is 25.7 Å². The Hall–Kier alpha value is -1.03. The predicted octanol–water partition coefficient (Wildman–Crippen LogP) is 3.81. The summed E-state index contributed by atoms with van der Waals surface area (Å²) >= 11 is 6.28. The summed E-state index contributed by atoms with van der Waals surface area (Å²) in [6.07, 6.45) is 1.08. The second kappa shape index (κ2) is 4.82. The largest absolute Gasteiger partial charge is 0.312 e. The van der Waals surface area contributed by atoms with E-state index in [9.17, 15) is 0 Å². The third-order valence-corrected chi connectivity index (χ3v) is 3.56. The number of alkyl halides is 1. The molecule has 0 saturated heterocycles. The molecule has 0 aromatic carbocycles. The van der Waals surface area contributed by atoms with Crippen LogP contribution >= 0.6 is 11.6 Å². The van der Waals surface area contributed by atoms with Crippen molar-refractivity contribution < 1.29 is 0 Å². The lowest BCUT2D eigenvalue weighted by Gasteiger charge is -2.20. The normalized spacial score (nSPS) is 14.3. The molecule has 4 nitrogen and oxygen atoms in total. The number of imidazole rings is 1. The number of aromatic nitrogens is 4. The van der Waals surface area contributed by atoms with Crippen LogP contribution in [0, 0.1) is 12.3 Å². The van der Waals surface area contributed by atoms with Crippen molar-refractivity contribution in [2.75, 3.05) is 0 Å². The van der Waals surface area contributed by atoms with E-state index in [2.05, 4.69) is 35.4 Å². The number of hydrogen-bond acceptors (Lipinski definition) is 2. The fourth-order valence-corrected chi connectivity index (χ4v) is 2.49. The first-order valence-corrected chi connectivity index (χ1v) is 7.18. The van der Waals surface area contributed by atoms with Gasteiger partial charge in [-0.1, -0.05) is 20.8 Å². The summed E-state index contributed by atoms with van der Waals surface area (Å²) in [7, 11) is 1.97. The highest BCUT2D eigenvalue weighted by Crippen LogP contribution is 2.28. The van der Waals surface area contributed by atoms with Gasteiger partial charge in [-0.15, -0.1) is 11.6 Å². The van der Waals surface area contributed by atoms with E-state index in [1.54, 1.807) is 0 Å². The molecule has 0 aliphatic carbocycles. The van der Waals surface area contributed by atoms with Crippen LogP contribution in [0.2, 0.25) is 0 Å². The van der Waals surface area contributed by atoms with Crippen LogP contribution in [0.5, 0.6) is 0 Å². The maximum absolute atomic E-state index is 6.28. The monoisotopic (exact) mass is 282 g/mol. The predicted molar refractivity (Wildman–Crippen MR) is 79.6 cm³/mol. The van der Waals surface area contributed by atoms with E-state index in [1.807, 2.05) is 25.6 Å². The van der Waals surface area contributed by atoms with Gasteiger partial charge in [0, 0.05) is 13.6 Å². The summed E-state index contributed by atoms with van der Waals surface area (Å²) in [6, 6.07) is 0. The molecule has 2 aromatic heterocycles. The third-order valence-electron chi connectivity index (χ3n) is 3.36. The number of halogens is 1. The zero-order valence-corrected chi connectivity index (χ0v) is 13.4. The Morgan fingerprint density at radius 3 is 2.47 bits per heavy atom. The fraction of sp³-hybridized carbons (Fsp3) is 0.714. The van der Waals surface area contributed by atoms with Crippen LogP contribution in [0.3, 0.4) is 0 Å². The Bertz CT molecular complexity index is 587. The summed E-state index contributed by atoms with van der Waals surface area (Å²) in [6.45, 7) is 11.6. The van der Waals surface area contributed by atoms with Gasteiger partial charge in [-0.25, -0.2) is 4.98 Å². The maximum atomic E-state index is 6.28. The summed E-state index contributed by atoms with van der Waals surface area (Å²) < 4.78 is 4.13. The Morgan fingerprint density at radius 1 is 1.32 bits per heavy atom. The molecule has 1 unspecified atom stereocenters. The van der Waals surface area contributed by atoms with Crippen LogP contribution in [-0.2, 0) is 13.6 Å². The molecule has 0 saturated carbocycles. The molecule has 0 radical (unpaired) electrons. The van der Waals surface area contributed by atoms with E-state index < -0.39 is 0 Å². The summed E-state index contributed by atoms with van der Waals surface area (Å²) in [5.74, 6) is 0.942. The molecule has 2 heterocycles. The molecule has 1 atom stereocenters. The topological polar surface area (TPSA) is 35.6 Å². The van der Waals surface area contributed by atoms with Crippen molar-refractivity contribution in [2.24, 2.45) is 12.5 Å². The lowest BCUT2D eigenvalue weighted by molar-refractivity contribution is 0.349. The maximum Gasteiger partial charge on any atom is 0.158 e. The van der Waals surface area contributed by atoms with Gasteiger partial charge in [0.25, 0.3) is 0 Å². The third kappa shape index (κ3) is 2.78. The fourth-order valence-electron chi connectivity index (χ4n) is 2.32. The van der Waals surface area contributed by atoms with Gasteiger partial charge in [0.1, 0.15) is 11.3 Å². The molecule has 0 N–H and O–H groups in total. The summed E-state index contributed by atoms with van der Waals surface area (Å²) in [5.41, 5.74) is 3.30. The van der Waals surface area contributed by atoms with Crippen LogP contribution in [0.4, 0.5) is 0 Å². The minimum Gasteiger partial charge on any atom is -0.312 e. The number of fused-ring (bicyclic) bond motifs is 1. The molecule has 0 spiro atoms. The number of nitrogens with zero attached hydrogens (tertiary/aromatic N) is 4. The van der Waals surface area contributed by atoms with Gasteiger partial charge in [-0.2, -0.15) is 5.10 Å². The Kier molecular flexibility index (Phi) is 3.65. The molecule has 0 fully saturated rings. The molecule has 0 aliphatic heterocycles. The van der Waals surface area contributed by atoms with Crippen molar-refractivity contribution in [3.63, 3.8) is 0 Å². The van der Waals surface area contributed by atoms with E-state index in [0.29, 0.717) is 0 Å². The van der Waals surface area contributed by atoms with Gasteiger partial charge in [0.2, 0.25) is 0 Å². The quantitative estimate of drug-likeness (QED) is 0.803. The highest BCUT2D eigenvalue weighted by Gasteiger charge is 2.21. The zero-order chi connectivity index (χ0) is 14.4. The Morgan fingerprint density at radius 2 is 1.95 bits per heavy atom. The highest BCUT2D eigenvalue weighted by atomic mass is 35.5. The van der Waals surface area contributed by atoms with Crippen LogP contribution in [-0.4, -0.2) is 19.3 Å². The second-order valence-corrected chi connectivity index (χ2v) is 7.08. The van der Waals surface area contributed by atoms with Crippen molar-refractivity contribution in [2.45, 2.75) is 53.0 Å². The lowest BCUT2D eigenvalue weighted by Crippen LogP contribution is -2.14. The molecule has 2 aromatic rings. The lowest BCUT2D eigenvalue weighted by atomic mass is 9.92. The Labute approximate surface area is 119 Å². The number of hydrogen-bond donors (Lipinski definition) is 0. The molecule has 106 valence electrons. The number of rotatable bonds is 3. The van der Waals surface area contributed by atoms with Crippen LogP contribution in [0.25, 0.3) is 11.2 Å². The van der Waals surface area contributed by atoms with Crippen molar-refractivity contribution in [1.29, 1.82) is 0 Å².